The molecular formula is C25H35N3O2. The number of amides is 1. The summed E-state index contributed by atoms with van der Waals surface area (Å²) >= 11 is 0. The van der Waals surface area contributed by atoms with Crippen LogP contribution in [-0.2, 0) is 0 Å². The molecule has 162 valence electrons. The maximum Gasteiger partial charge on any atom is 0.258 e. The van der Waals surface area contributed by atoms with Crippen molar-refractivity contribution in [3.05, 3.63) is 54.1 Å². The highest BCUT2D eigenvalue weighted by Gasteiger charge is 2.24. The summed E-state index contributed by atoms with van der Waals surface area (Å²) in [5.41, 5.74) is 2.77. The summed E-state index contributed by atoms with van der Waals surface area (Å²) in [4.78, 5) is 19.3. The first kappa shape index (κ1) is 22.2. The third-order valence-electron chi connectivity index (χ3n) is 5.87. The van der Waals surface area contributed by atoms with Crippen LogP contribution >= 0.6 is 0 Å². The normalized spacial score (nSPS) is 16.4. The van der Waals surface area contributed by atoms with Crippen LogP contribution in [0, 0.1) is 5.92 Å². The number of benzene rings is 2. The second kappa shape index (κ2) is 9.98. The lowest BCUT2D eigenvalue weighted by Crippen LogP contribution is -2.31. The number of carbonyl (C=O) groups is 1. The Morgan fingerprint density at radius 2 is 1.73 bits per heavy atom. The smallest absolute Gasteiger partial charge is 0.258 e. The molecule has 0 radical (unpaired) electrons. The molecule has 1 unspecified atom stereocenters. The van der Waals surface area contributed by atoms with E-state index in [2.05, 4.69) is 49.9 Å². The van der Waals surface area contributed by atoms with Gasteiger partial charge in [0, 0.05) is 43.1 Å². The van der Waals surface area contributed by atoms with Crippen LogP contribution in [0.2, 0.25) is 0 Å². The molecule has 5 nitrogen and oxygen atoms in total. The van der Waals surface area contributed by atoms with Gasteiger partial charge in [-0.15, -0.1) is 0 Å². The fraction of sp³-hybridized carbons (Fsp3) is 0.480. The summed E-state index contributed by atoms with van der Waals surface area (Å²) in [7, 11) is 6.10. The Bertz CT molecular complexity index is 815. The minimum atomic E-state index is -0.0228. The lowest BCUT2D eigenvalue weighted by atomic mass is 10.1. The fourth-order valence-electron chi connectivity index (χ4n) is 3.70. The molecule has 1 aliphatic rings. The number of nitrogens with zero attached hydrogens (tertiary/aromatic N) is 3. The lowest BCUT2D eigenvalue weighted by Gasteiger charge is -2.23. The molecule has 1 saturated heterocycles. The van der Waals surface area contributed by atoms with E-state index in [-0.39, 0.29) is 5.91 Å². The van der Waals surface area contributed by atoms with E-state index in [1.54, 1.807) is 4.90 Å². The van der Waals surface area contributed by atoms with E-state index in [1.807, 2.05) is 43.4 Å². The number of hydrogen-bond acceptors (Lipinski definition) is 4. The zero-order valence-electron chi connectivity index (χ0n) is 19.0. The van der Waals surface area contributed by atoms with Crippen molar-refractivity contribution in [3.63, 3.8) is 0 Å². The summed E-state index contributed by atoms with van der Waals surface area (Å²) < 4.78 is 5.75. The number of rotatable bonds is 8. The fourth-order valence-corrected chi connectivity index (χ4v) is 3.70. The molecule has 1 fully saturated rings. The van der Waals surface area contributed by atoms with E-state index >= 15 is 0 Å². The van der Waals surface area contributed by atoms with E-state index in [0.717, 1.165) is 30.9 Å². The van der Waals surface area contributed by atoms with E-state index < -0.39 is 0 Å². The second-order valence-electron chi connectivity index (χ2n) is 8.79. The third-order valence-corrected chi connectivity index (χ3v) is 5.87. The van der Waals surface area contributed by atoms with Gasteiger partial charge in [-0.2, -0.15) is 0 Å². The molecule has 1 amide bonds. The highest BCUT2D eigenvalue weighted by Crippen LogP contribution is 2.25. The average molecular weight is 410 g/mol. The molecular weight excluding hydrogens is 374 g/mol. The highest BCUT2D eigenvalue weighted by atomic mass is 16.5. The molecule has 1 atom stereocenters. The molecule has 0 spiro atoms. The average Bonchev–Trinajstić information content (AvgIpc) is 3.24. The Hall–Kier alpha value is -2.53. The van der Waals surface area contributed by atoms with Crippen LogP contribution < -0.4 is 14.5 Å². The van der Waals surface area contributed by atoms with Crippen LogP contribution in [0.3, 0.4) is 0 Å². The molecule has 0 bridgehead atoms. The summed E-state index contributed by atoms with van der Waals surface area (Å²) in [5.74, 6) is 1.40. The van der Waals surface area contributed by atoms with Crippen LogP contribution in [-0.4, -0.2) is 57.7 Å². The van der Waals surface area contributed by atoms with Gasteiger partial charge in [-0.3, -0.25) is 4.79 Å². The van der Waals surface area contributed by atoms with Gasteiger partial charge in [0.05, 0.1) is 6.61 Å². The van der Waals surface area contributed by atoms with Crippen molar-refractivity contribution in [3.8, 4) is 5.75 Å². The molecule has 0 saturated carbocycles. The van der Waals surface area contributed by atoms with Crippen LogP contribution in [0.4, 0.5) is 11.4 Å². The topological polar surface area (TPSA) is 36.0 Å². The summed E-state index contributed by atoms with van der Waals surface area (Å²) in [6.45, 7) is 7.18. The van der Waals surface area contributed by atoms with Crippen molar-refractivity contribution in [2.75, 3.05) is 50.6 Å². The molecule has 30 heavy (non-hydrogen) atoms. The largest absolute Gasteiger partial charge is 0.494 e. The zero-order chi connectivity index (χ0) is 21.7. The first-order chi connectivity index (χ1) is 14.3. The van der Waals surface area contributed by atoms with Gasteiger partial charge < -0.3 is 19.4 Å². The quantitative estimate of drug-likeness (QED) is 0.642. The van der Waals surface area contributed by atoms with Gasteiger partial charge in [0.1, 0.15) is 5.75 Å². The molecule has 0 N–H and O–H groups in total. The number of ether oxygens (including phenoxy) is 1. The van der Waals surface area contributed by atoms with Crippen LogP contribution in [0.5, 0.6) is 5.75 Å². The van der Waals surface area contributed by atoms with Crippen molar-refractivity contribution in [2.45, 2.75) is 32.7 Å². The summed E-state index contributed by atoms with van der Waals surface area (Å²) in [5, 5.41) is 0. The molecule has 0 aromatic heterocycles. The van der Waals surface area contributed by atoms with E-state index in [4.69, 9.17) is 4.74 Å². The molecule has 2 aromatic carbocycles. The minimum Gasteiger partial charge on any atom is -0.494 e. The molecule has 5 heteroatoms. The van der Waals surface area contributed by atoms with Gasteiger partial charge in [0.25, 0.3) is 5.91 Å². The third kappa shape index (κ3) is 5.54. The number of carbonyl (C=O) groups excluding carboxylic acids is 1. The number of hydrogen-bond donors (Lipinski definition) is 0. The molecule has 1 heterocycles. The molecule has 0 aliphatic carbocycles. The Kier molecular flexibility index (Phi) is 7.38. The van der Waals surface area contributed by atoms with E-state index in [9.17, 15) is 4.79 Å². The summed E-state index contributed by atoms with van der Waals surface area (Å²) in [6.07, 6.45) is 2.21. The van der Waals surface area contributed by atoms with Crippen LogP contribution in [0.1, 0.15) is 37.0 Å². The maximum atomic E-state index is 12.9. The van der Waals surface area contributed by atoms with Crippen LogP contribution in [0.25, 0.3) is 0 Å². The Balaban J connectivity index is 1.59. The van der Waals surface area contributed by atoms with Gasteiger partial charge in [0.15, 0.2) is 0 Å². The predicted octanol–water partition coefficient (Wildman–Crippen LogP) is 4.53. The van der Waals surface area contributed by atoms with Gasteiger partial charge >= 0.3 is 0 Å². The minimum absolute atomic E-state index is 0.0228. The monoisotopic (exact) mass is 409 g/mol. The Morgan fingerprint density at radius 3 is 2.30 bits per heavy atom. The van der Waals surface area contributed by atoms with E-state index in [1.165, 1.54) is 12.1 Å². The van der Waals surface area contributed by atoms with E-state index in [0.29, 0.717) is 24.1 Å². The highest BCUT2D eigenvalue weighted by molar-refractivity contribution is 6.05. The first-order valence-electron chi connectivity index (χ1n) is 10.9. The molecule has 3 rings (SSSR count). The lowest BCUT2D eigenvalue weighted by molar-refractivity contribution is 0.0993. The summed E-state index contributed by atoms with van der Waals surface area (Å²) in [6, 6.07) is 16.3. The zero-order valence-corrected chi connectivity index (χ0v) is 19.0. The number of anilines is 2. The molecule has 2 aromatic rings. The second-order valence-corrected chi connectivity index (χ2v) is 8.79. The predicted molar refractivity (Wildman–Crippen MR) is 125 cm³/mol. The Labute approximate surface area is 181 Å². The van der Waals surface area contributed by atoms with Gasteiger partial charge in [-0.1, -0.05) is 13.8 Å². The SMILES string of the molecule is CC(C)CCOc1ccc(C(=O)N(C)c2ccc(N3CCC(N(C)C)C3)cc2)cc1. The Morgan fingerprint density at radius 1 is 1.07 bits per heavy atom. The number of likely N-dealkylation sites (N-methyl/N-ethyl adjacent to an activating group) is 1. The first-order valence-corrected chi connectivity index (χ1v) is 10.9. The maximum absolute atomic E-state index is 12.9. The molecule has 1 aliphatic heterocycles. The van der Waals surface area contributed by atoms with Crippen LogP contribution in [0.15, 0.2) is 48.5 Å². The standard InChI is InChI=1S/C25H35N3O2/c1-19(2)15-17-30-24-12-6-20(7-13-24)25(29)27(5)21-8-10-22(11-9-21)28-16-14-23(18-28)26(3)4/h6-13,19,23H,14-18H2,1-5H3. The van der Waals surface area contributed by atoms with Crippen molar-refractivity contribution < 1.29 is 9.53 Å². The van der Waals surface area contributed by atoms with Crippen molar-refractivity contribution >= 4 is 17.3 Å². The van der Waals surface area contributed by atoms with Crippen molar-refractivity contribution in [2.24, 2.45) is 5.92 Å². The van der Waals surface area contributed by atoms with Gasteiger partial charge in [-0.05, 0) is 81.4 Å². The van der Waals surface area contributed by atoms with Gasteiger partial charge in [0.2, 0.25) is 0 Å². The van der Waals surface area contributed by atoms with Crippen molar-refractivity contribution in [1.82, 2.24) is 4.90 Å². The van der Waals surface area contributed by atoms with Crippen molar-refractivity contribution in [1.29, 1.82) is 0 Å². The van der Waals surface area contributed by atoms with Gasteiger partial charge in [-0.25, -0.2) is 0 Å².